The predicted molar refractivity (Wildman–Crippen MR) is 145 cm³/mol. The van der Waals surface area contributed by atoms with Gasteiger partial charge in [0.05, 0.1) is 47.5 Å². The van der Waals surface area contributed by atoms with Crippen LogP contribution in [0.5, 0.6) is 0 Å². The number of hydrogen-bond donors (Lipinski definition) is 3. The third-order valence-corrected chi connectivity index (χ3v) is 8.32. The number of fused-ring (bicyclic) bond motifs is 5. The number of aryl methyl sites for hydroxylation is 1. The molecule has 3 aliphatic rings. The molecule has 214 valence electrons. The molecule has 12 heteroatoms. The summed E-state index contributed by atoms with van der Waals surface area (Å²) in [6.45, 7) is 3.12. The van der Waals surface area contributed by atoms with E-state index in [1.165, 1.54) is 6.07 Å². The van der Waals surface area contributed by atoms with Crippen molar-refractivity contribution in [3.63, 3.8) is 0 Å². The molecule has 0 unspecified atom stereocenters. The molecule has 2 aliphatic heterocycles. The Labute approximate surface area is 234 Å². The molecule has 6 rings (SSSR count). The molecular weight excluding hydrogens is 533 g/mol. The molecule has 1 aromatic carbocycles. The van der Waals surface area contributed by atoms with E-state index in [-0.39, 0.29) is 56.3 Å². The summed E-state index contributed by atoms with van der Waals surface area (Å²) in [4.78, 5) is 55.2. The average molecular weight is 564 g/mol. The number of halogens is 1. The van der Waals surface area contributed by atoms with Gasteiger partial charge in [0.25, 0.3) is 5.56 Å². The van der Waals surface area contributed by atoms with Crippen molar-refractivity contribution in [3.8, 4) is 11.4 Å². The van der Waals surface area contributed by atoms with Crippen LogP contribution >= 0.6 is 0 Å². The molecule has 2 atom stereocenters. The SMILES string of the molecule is CC[C@@H]1C(=O)OCc2c1cc1n(c2=O)Cc2c-1nc1cc(F)c(C)c3c1c2[C@@H](NC(=O)COCNC(=O)CN)CC3. The summed E-state index contributed by atoms with van der Waals surface area (Å²) in [6, 6.07) is 2.81. The number of rotatable bonds is 7. The van der Waals surface area contributed by atoms with Gasteiger partial charge < -0.3 is 30.4 Å². The highest BCUT2D eigenvalue weighted by Gasteiger charge is 2.37. The molecule has 4 heterocycles. The minimum atomic E-state index is -0.548. The van der Waals surface area contributed by atoms with E-state index in [0.717, 1.165) is 22.1 Å². The van der Waals surface area contributed by atoms with Crippen molar-refractivity contribution in [2.75, 3.05) is 19.9 Å². The molecule has 2 aromatic heterocycles. The number of esters is 1. The number of ether oxygens (including phenoxy) is 2. The molecule has 3 aromatic rings. The quantitative estimate of drug-likeness (QED) is 0.174. The summed E-state index contributed by atoms with van der Waals surface area (Å²) < 4.78 is 27.2. The van der Waals surface area contributed by atoms with Crippen LogP contribution in [0, 0.1) is 12.7 Å². The zero-order valence-electron chi connectivity index (χ0n) is 22.8. The Morgan fingerprint density at radius 1 is 1.22 bits per heavy atom. The van der Waals surface area contributed by atoms with Crippen LogP contribution in [-0.2, 0) is 43.4 Å². The van der Waals surface area contributed by atoms with Crippen LogP contribution in [0.1, 0.15) is 65.1 Å². The van der Waals surface area contributed by atoms with Gasteiger partial charge >= 0.3 is 5.97 Å². The number of carbonyl (C=O) groups excluding carboxylic acids is 3. The molecule has 0 fully saturated rings. The fraction of sp³-hybridized carbons (Fsp3) is 0.414. The molecule has 0 saturated heterocycles. The number of pyridine rings is 2. The van der Waals surface area contributed by atoms with Gasteiger partial charge in [-0.2, -0.15) is 0 Å². The third-order valence-electron chi connectivity index (χ3n) is 8.32. The van der Waals surface area contributed by atoms with Gasteiger partial charge in [0, 0.05) is 17.0 Å². The van der Waals surface area contributed by atoms with Crippen LogP contribution in [0.4, 0.5) is 4.39 Å². The lowest BCUT2D eigenvalue weighted by atomic mass is 9.81. The van der Waals surface area contributed by atoms with E-state index in [0.29, 0.717) is 52.9 Å². The van der Waals surface area contributed by atoms with Gasteiger partial charge in [-0.1, -0.05) is 6.92 Å². The van der Waals surface area contributed by atoms with Crippen molar-refractivity contribution in [2.45, 2.75) is 58.2 Å². The first-order chi connectivity index (χ1) is 19.7. The van der Waals surface area contributed by atoms with E-state index >= 15 is 4.39 Å². The van der Waals surface area contributed by atoms with E-state index in [1.54, 1.807) is 11.5 Å². The van der Waals surface area contributed by atoms with Crippen LogP contribution in [0.2, 0.25) is 0 Å². The summed E-state index contributed by atoms with van der Waals surface area (Å²) in [5, 5.41) is 6.25. The van der Waals surface area contributed by atoms with E-state index in [1.807, 2.05) is 13.0 Å². The number of carbonyl (C=O) groups is 3. The second kappa shape index (κ2) is 10.3. The lowest BCUT2D eigenvalue weighted by molar-refractivity contribution is -0.148. The Hall–Kier alpha value is -4.16. The number of nitrogens with one attached hydrogen (secondary N) is 2. The molecule has 0 spiro atoms. The van der Waals surface area contributed by atoms with Crippen LogP contribution in [0.15, 0.2) is 16.9 Å². The van der Waals surface area contributed by atoms with Crippen molar-refractivity contribution in [1.82, 2.24) is 20.2 Å². The lowest BCUT2D eigenvalue weighted by Crippen LogP contribution is -2.37. The number of aromatic nitrogens is 2. The summed E-state index contributed by atoms with van der Waals surface area (Å²) in [7, 11) is 0. The van der Waals surface area contributed by atoms with E-state index < -0.39 is 17.9 Å². The van der Waals surface area contributed by atoms with Crippen molar-refractivity contribution in [3.05, 3.63) is 61.7 Å². The summed E-state index contributed by atoms with van der Waals surface area (Å²) >= 11 is 0. The Kier molecular flexibility index (Phi) is 6.82. The molecule has 0 saturated carbocycles. The fourth-order valence-electron chi connectivity index (χ4n) is 6.30. The normalized spacial score (nSPS) is 18.4. The smallest absolute Gasteiger partial charge is 0.313 e. The highest BCUT2D eigenvalue weighted by atomic mass is 19.1. The van der Waals surface area contributed by atoms with E-state index in [4.69, 9.17) is 20.2 Å². The minimum absolute atomic E-state index is 0.0820. The van der Waals surface area contributed by atoms with Crippen molar-refractivity contribution in [2.24, 2.45) is 5.73 Å². The number of nitrogens with two attached hydrogens (primary N) is 1. The molecule has 1 aliphatic carbocycles. The molecule has 41 heavy (non-hydrogen) atoms. The van der Waals surface area contributed by atoms with E-state index in [2.05, 4.69) is 10.6 Å². The van der Waals surface area contributed by atoms with Crippen molar-refractivity contribution >= 4 is 28.7 Å². The van der Waals surface area contributed by atoms with Crippen LogP contribution in [0.3, 0.4) is 0 Å². The first-order valence-corrected chi connectivity index (χ1v) is 13.6. The van der Waals surface area contributed by atoms with Crippen molar-refractivity contribution < 1.29 is 28.2 Å². The second-order valence-corrected chi connectivity index (χ2v) is 10.6. The molecule has 11 nitrogen and oxygen atoms in total. The standard InChI is InChI=1S/C29H30FN5O6/c1-3-14-16-6-22-27-17(9-35(22)28(38)18(16)10-41-29(14)39)26-20(33-24(37)11-40-12-32-23(36)8-31)5-4-15-13(2)19(30)7-21(34-27)25(15)26/h6-7,14,20H,3-5,8-12,31H2,1-2H3,(H,32,36)(H,33,37)/t14-,20-/m0/s1. The topological polar surface area (TPSA) is 155 Å². The molecule has 0 radical (unpaired) electrons. The zero-order chi connectivity index (χ0) is 29.0. The van der Waals surface area contributed by atoms with E-state index in [9.17, 15) is 19.2 Å². The van der Waals surface area contributed by atoms with Crippen molar-refractivity contribution in [1.29, 1.82) is 0 Å². The number of hydrogen-bond acceptors (Lipinski definition) is 8. The maximum atomic E-state index is 15.0. The molecule has 4 N–H and O–H groups in total. The summed E-state index contributed by atoms with van der Waals surface area (Å²) in [5.41, 5.74) is 10.6. The number of cyclic esters (lactones) is 1. The van der Waals surface area contributed by atoms with Gasteiger partial charge in [-0.05, 0) is 54.5 Å². The Morgan fingerprint density at radius 3 is 2.78 bits per heavy atom. The van der Waals surface area contributed by atoms with Crippen LogP contribution < -0.4 is 21.9 Å². The first kappa shape index (κ1) is 27.0. The van der Waals surface area contributed by atoms with Gasteiger partial charge in [0.15, 0.2) is 0 Å². The average Bonchev–Trinajstić information content (AvgIpc) is 3.32. The molecule has 2 amide bonds. The van der Waals surface area contributed by atoms with Crippen LogP contribution in [-0.4, -0.2) is 47.2 Å². The summed E-state index contributed by atoms with van der Waals surface area (Å²) in [5.74, 6) is -2.06. The maximum Gasteiger partial charge on any atom is 0.313 e. The van der Waals surface area contributed by atoms with Gasteiger partial charge in [-0.15, -0.1) is 0 Å². The predicted octanol–water partition coefficient (Wildman–Crippen LogP) is 1.58. The van der Waals surface area contributed by atoms with Gasteiger partial charge in [0.2, 0.25) is 11.8 Å². The fourth-order valence-corrected chi connectivity index (χ4v) is 6.30. The second-order valence-electron chi connectivity index (χ2n) is 10.6. The monoisotopic (exact) mass is 563 g/mol. The molecule has 0 bridgehead atoms. The number of benzene rings is 1. The Bertz CT molecular complexity index is 1700. The number of amides is 2. The maximum absolute atomic E-state index is 15.0. The van der Waals surface area contributed by atoms with Gasteiger partial charge in [-0.3, -0.25) is 19.2 Å². The zero-order valence-corrected chi connectivity index (χ0v) is 22.8. The largest absolute Gasteiger partial charge is 0.460 e. The van der Waals surface area contributed by atoms with Gasteiger partial charge in [-0.25, -0.2) is 9.37 Å². The third kappa shape index (κ3) is 4.38. The number of nitrogens with zero attached hydrogens (tertiary/aromatic N) is 2. The lowest BCUT2D eigenvalue weighted by Gasteiger charge is -2.29. The Balaban J connectivity index is 1.44. The highest BCUT2D eigenvalue weighted by molar-refractivity contribution is 5.94. The minimum Gasteiger partial charge on any atom is -0.460 e. The molecular formula is C29H30FN5O6. The Morgan fingerprint density at radius 2 is 2.02 bits per heavy atom. The first-order valence-electron chi connectivity index (χ1n) is 13.6. The summed E-state index contributed by atoms with van der Waals surface area (Å²) in [6.07, 6.45) is 1.53. The highest BCUT2D eigenvalue weighted by Crippen LogP contribution is 2.45. The van der Waals surface area contributed by atoms with Crippen LogP contribution in [0.25, 0.3) is 22.3 Å². The van der Waals surface area contributed by atoms with Gasteiger partial charge in [0.1, 0.15) is 25.8 Å².